The number of primary amides is 1. The van der Waals surface area contributed by atoms with Gasteiger partial charge in [-0.05, 0) is 42.4 Å². The lowest BCUT2D eigenvalue weighted by Gasteiger charge is -2.30. The summed E-state index contributed by atoms with van der Waals surface area (Å²) in [4.78, 5) is 37.1. The second kappa shape index (κ2) is 10.7. The minimum Gasteiger partial charge on any atom is -0.406 e. The number of aromatic nitrogens is 2. The molecule has 1 aliphatic heterocycles. The third-order valence-corrected chi connectivity index (χ3v) is 5.78. The highest BCUT2D eigenvalue weighted by Crippen LogP contribution is 2.30. The van der Waals surface area contributed by atoms with Crippen molar-refractivity contribution in [2.45, 2.75) is 52.6 Å². The zero-order chi connectivity index (χ0) is 26.7. The number of hydrogen-bond donors (Lipinski definition) is 3. The number of nitrogens with two attached hydrogens (primary N) is 1. The van der Waals surface area contributed by atoms with E-state index in [0.717, 1.165) is 25.0 Å². The number of hydrogen-bond acceptors (Lipinski definition) is 6. The summed E-state index contributed by atoms with van der Waals surface area (Å²) in [7, 11) is 0. The average Bonchev–Trinajstić information content (AvgIpc) is 3.12. The number of ether oxygens (including phenoxy) is 2. The van der Waals surface area contributed by atoms with E-state index in [4.69, 9.17) is 10.5 Å². The Labute approximate surface area is 205 Å². The number of rotatable bonds is 8. The quantitative estimate of drug-likeness (QED) is 0.494. The molecule has 1 aromatic heterocycles. The van der Waals surface area contributed by atoms with Gasteiger partial charge in [0.2, 0.25) is 11.8 Å². The molecule has 0 saturated carbocycles. The summed E-state index contributed by atoms with van der Waals surface area (Å²) in [6, 6.07) is 2.59. The number of carbonyl (C=O) groups excluding carboxylic acids is 3. The molecule has 3 amide bonds. The molecule has 1 aliphatic rings. The van der Waals surface area contributed by atoms with E-state index in [1.54, 1.807) is 25.5 Å². The fraction of sp³-hybridized carbons (Fsp3) is 0.565. The number of amides is 3. The molecule has 10 nitrogen and oxygen atoms in total. The predicted octanol–water partition coefficient (Wildman–Crippen LogP) is 2.11. The van der Waals surface area contributed by atoms with E-state index < -0.39 is 47.8 Å². The van der Waals surface area contributed by atoms with Crippen LogP contribution in [0.4, 0.5) is 13.2 Å². The number of nitrogens with one attached hydrogen (secondary N) is 2. The lowest BCUT2D eigenvalue weighted by molar-refractivity contribution is -0.274. The summed E-state index contributed by atoms with van der Waals surface area (Å²) in [5.74, 6) is -2.44. The van der Waals surface area contributed by atoms with Crippen molar-refractivity contribution in [3.8, 4) is 5.75 Å². The van der Waals surface area contributed by atoms with Crippen molar-refractivity contribution in [3.05, 3.63) is 23.9 Å². The lowest BCUT2D eigenvalue weighted by atomic mass is 9.86. The molecule has 198 valence electrons. The Kier molecular flexibility index (Phi) is 8.12. The molecule has 0 radical (unpaired) electrons. The van der Waals surface area contributed by atoms with Crippen LogP contribution in [0.15, 0.2) is 18.2 Å². The molecule has 0 spiro atoms. The molecule has 13 heteroatoms. The van der Waals surface area contributed by atoms with Crippen LogP contribution in [0.5, 0.6) is 5.75 Å². The Bertz CT molecular complexity index is 1120. The Hall–Kier alpha value is -3.35. The number of alkyl halides is 3. The van der Waals surface area contributed by atoms with Crippen molar-refractivity contribution in [2.24, 2.45) is 17.1 Å². The van der Waals surface area contributed by atoms with Gasteiger partial charge >= 0.3 is 6.36 Å². The minimum absolute atomic E-state index is 0.145. The highest BCUT2D eigenvalue weighted by molar-refractivity contribution is 6.06. The summed E-state index contributed by atoms with van der Waals surface area (Å²) in [5, 5.41) is 9.53. The number of carbonyl (C=O) groups is 3. The first-order chi connectivity index (χ1) is 16.7. The molecule has 36 heavy (non-hydrogen) atoms. The summed E-state index contributed by atoms with van der Waals surface area (Å²) in [5.41, 5.74) is 4.61. The minimum atomic E-state index is -4.91. The molecule has 4 N–H and O–H groups in total. The molecule has 2 heterocycles. The van der Waals surface area contributed by atoms with E-state index in [0.29, 0.717) is 25.3 Å². The van der Waals surface area contributed by atoms with Crippen LogP contribution in [-0.4, -0.2) is 59.7 Å². The number of benzene rings is 1. The van der Waals surface area contributed by atoms with Gasteiger partial charge in [0.05, 0.1) is 12.1 Å². The third kappa shape index (κ3) is 7.09. The van der Waals surface area contributed by atoms with Gasteiger partial charge < -0.3 is 25.8 Å². The maximum atomic E-state index is 13.3. The van der Waals surface area contributed by atoms with Crippen LogP contribution in [0.25, 0.3) is 10.9 Å². The van der Waals surface area contributed by atoms with Gasteiger partial charge in [0.1, 0.15) is 11.8 Å². The van der Waals surface area contributed by atoms with Crippen molar-refractivity contribution in [1.82, 2.24) is 20.4 Å². The van der Waals surface area contributed by atoms with Crippen LogP contribution in [-0.2, 0) is 20.9 Å². The first-order valence-corrected chi connectivity index (χ1v) is 11.5. The van der Waals surface area contributed by atoms with Crippen LogP contribution in [0.2, 0.25) is 0 Å². The second-order valence-corrected chi connectivity index (χ2v) is 9.77. The highest BCUT2D eigenvalue weighted by atomic mass is 19.4. The zero-order valence-electron chi connectivity index (χ0n) is 20.3. The molecule has 1 saturated heterocycles. The molecular formula is C23H30F3N5O5. The van der Waals surface area contributed by atoms with E-state index in [2.05, 4.69) is 20.5 Å². The van der Waals surface area contributed by atoms with Crippen molar-refractivity contribution in [2.75, 3.05) is 19.8 Å². The first-order valence-electron chi connectivity index (χ1n) is 11.5. The van der Waals surface area contributed by atoms with E-state index in [1.165, 1.54) is 6.07 Å². The van der Waals surface area contributed by atoms with Crippen molar-refractivity contribution < 1.29 is 37.0 Å². The smallest absolute Gasteiger partial charge is 0.406 e. The second-order valence-electron chi connectivity index (χ2n) is 9.77. The molecule has 1 fully saturated rings. The molecule has 0 aliphatic carbocycles. The maximum absolute atomic E-state index is 13.3. The van der Waals surface area contributed by atoms with Crippen LogP contribution in [0.3, 0.4) is 0 Å². The molecule has 1 aromatic carbocycles. The molecular weight excluding hydrogens is 483 g/mol. The van der Waals surface area contributed by atoms with Crippen LogP contribution >= 0.6 is 0 Å². The van der Waals surface area contributed by atoms with Gasteiger partial charge in [-0.15, -0.1) is 13.2 Å². The lowest BCUT2D eigenvalue weighted by Crippen LogP contribution is -2.54. The van der Waals surface area contributed by atoms with Crippen molar-refractivity contribution >= 4 is 28.6 Å². The summed E-state index contributed by atoms with van der Waals surface area (Å²) in [6.45, 7) is 6.33. The van der Waals surface area contributed by atoms with E-state index >= 15 is 0 Å². The Morgan fingerprint density at radius 2 is 1.89 bits per heavy atom. The SMILES string of the molecule is CC(C)(C)C(NC(=O)c1nn(CC2CCOCC2)c2ccc(OC(F)(F)F)cc12)C(=O)NCC(N)=O. The third-order valence-electron chi connectivity index (χ3n) is 5.78. The standard InChI is InChI=1S/C23H30F3N5O5/c1-22(2,3)19(21(34)28-11-17(27)32)29-20(33)18-15-10-14(36-23(24,25)26)4-5-16(15)31(30-18)12-13-6-8-35-9-7-13/h4-5,10,13,19H,6-9,11-12H2,1-3H3,(H2,27,32)(H,28,34)(H,29,33). The summed E-state index contributed by atoms with van der Waals surface area (Å²) in [6.07, 6.45) is -3.35. The van der Waals surface area contributed by atoms with Gasteiger partial charge in [0.25, 0.3) is 5.91 Å². The number of fused-ring (bicyclic) bond motifs is 1. The molecule has 2 aromatic rings. The van der Waals surface area contributed by atoms with Crippen molar-refractivity contribution in [1.29, 1.82) is 0 Å². The molecule has 1 unspecified atom stereocenters. The van der Waals surface area contributed by atoms with Gasteiger partial charge in [0.15, 0.2) is 5.69 Å². The van der Waals surface area contributed by atoms with Crippen LogP contribution < -0.4 is 21.1 Å². The van der Waals surface area contributed by atoms with E-state index in [1.807, 2.05) is 0 Å². The average molecular weight is 514 g/mol. The fourth-order valence-corrected chi connectivity index (χ4v) is 3.99. The molecule has 3 rings (SSSR count). The van der Waals surface area contributed by atoms with Gasteiger partial charge in [-0.25, -0.2) is 0 Å². The number of halogens is 3. The summed E-state index contributed by atoms with van der Waals surface area (Å²) < 4.78 is 49.5. The van der Waals surface area contributed by atoms with Crippen LogP contribution in [0.1, 0.15) is 44.1 Å². The fourth-order valence-electron chi connectivity index (χ4n) is 3.99. The normalized spacial score (nSPS) is 15.9. The van der Waals surface area contributed by atoms with E-state index in [-0.39, 0.29) is 17.0 Å². The van der Waals surface area contributed by atoms with Crippen molar-refractivity contribution in [3.63, 3.8) is 0 Å². The predicted molar refractivity (Wildman–Crippen MR) is 123 cm³/mol. The largest absolute Gasteiger partial charge is 0.573 e. The van der Waals surface area contributed by atoms with Gasteiger partial charge in [-0.3, -0.25) is 19.1 Å². The molecule has 0 bridgehead atoms. The number of nitrogens with zero attached hydrogens (tertiary/aromatic N) is 2. The van der Waals surface area contributed by atoms with Crippen LogP contribution in [0, 0.1) is 11.3 Å². The Balaban J connectivity index is 1.97. The monoisotopic (exact) mass is 513 g/mol. The maximum Gasteiger partial charge on any atom is 0.573 e. The Morgan fingerprint density at radius 3 is 2.47 bits per heavy atom. The molecule has 1 atom stereocenters. The zero-order valence-corrected chi connectivity index (χ0v) is 20.3. The topological polar surface area (TPSA) is 138 Å². The van der Waals surface area contributed by atoms with Gasteiger partial charge in [0, 0.05) is 25.1 Å². The van der Waals surface area contributed by atoms with Gasteiger partial charge in [-0.2, -0.15) is 5.10 Å². The van der Waals surface area contributed by atoms with Gasteiger partial charge in [-0.1, -0.05) is 20.8 Å². The Morgan fingerprint density at radius 1 is 1.22 bits per heavy atom. The summed E-state index contributed by atoms with van der Waals surface area (Å²) >= 11 is 0. The van der Waals surface area contributed by atoms with E-state index in [9.17, 15) is 27.6 Å². The highest BCUT2D eigenvalue weighted by Gasteiger charge is 2.35. The first kappa shape index (κ1) is 27.2.